The van der Waals surface area contributed by atoms with Gasteiger partial charge in [-0.05, 0) is 41.1 Å². The summed E-state index contributed by atoms with van der Waals surface area (Å²) in [6, 6.07) is 4.56. The normalized spacial score (nSPS) is 11.6. The van der Waals surface area contributed by atoms with Gasteiger partial charge in [0.1, 0.15) is 17.9 Å². The highest BCUT2D eigenvalue weighted by Crippen LogP contribution is 2.27. The average Bonchev–Trinajstić information content (AvgIpc) is 2.92. The summed E-state index contributed by atoms with van der Waals surface area (Å²) in [4.78, 5) is 0.151. The molecule has 0 aliphatic rings. The highest BCUT2D eigenvalue weighted by Gasteiger charge is 2.17. The monoisotopic (exact) mass is 374 g/mol. The van der Waals surface area contributed by atoms with Crippen LogP contribution in [0.4, 0.5) is 0 Å². The van der Waals surface area contributed by atoms with Crippen molar-refractivity contribution in [3.8, 4) is 5.75 Å². The number of sulfonamides is 1. The van der Waals surface area contributed by atoms with E-state index in [0.717, 1.165) is 0 Å². The number of nitrogens with zero attached hydrogens (tertiary/aromatic N) is 3. The molecular weight excluding hydrogens is 360 g/mol. The van der Waals surface area contributed by atoms with Gasteiger partial charge in [-0.15, -0.1) is 10.2 Å². The van der Waals surface area contributed by atoms with Gasteiger partial charge in [0.25, 0.3) is 0 Å². The molecule has 2 aromatic rings. The first-order valence-corrected chi connectivity index (χ1v) is 8.45. The first kappa shape index (κ1) is 15.9. The second kappa shape index (κ2) is 6.54. The summed E-state index contributed by atoms with van der Waals surface area (Å²) in [5.41, 5.74) is 0. The van der Waals surface area contributed by atoms with Gasteiger partial charge in [0.2, 0.25) is 10.0 Å². The van der Waals surface area contributed by atoms with Gasteiger partial charge in [0.05, 0.1) is 23.0 Å². The molecule has 0 spiro atoms. The van der Waals surface area contributed by atoms with E-state index in [0.29, 0.717) is 22.6 Å². The van der Waals surface area contributed by atoms with Crippen LogP contribution < -0.4 is 9.46 Å². The minimum atomic E-state index is -3.63. The predicted molar refractivity (Wildman–Crippen MR) is 80.4 cm³/mol. The van der Waals surface area contributed by atoms with E-state index in [-0.39, 0.29) is 11.4 Å². The van der Waals surface area contributed by atoms with Crippen LogP contribution in [0.3, 0.4) is 0 Å². The Morgan fingerprint density at radius 1 is 1.43 bits per heavy atom. The molecule has 0 unspecified atom stereocenters. The number of aromatic nitrogens is 3. The molecule has 1 heterocycles. The van der Waals surface area contributed by atoms with E-state index in [1.807, 2.05) is 6.92 Å². The number of hydrogen-bond acceptors (Lipinski definition) is 5. The van der Waals surface area contributed by atoms with Gasteiger partial charge in [-0.1, -0.05) is 0 Å². The molecule has 9 heteroatoms. The van der Waals surface area contributed by atoms with Crippen molar-refractivity contribution >= 4 is 26.0 Å². The first-order chi connectivity index (χ1) is 9.97. The summed E-state index contributed by atoms with van der Waals surface area (Å²) in [6.07, 6.45) is 1.56. The number of hydrogen-bond donors (Lipinski definition) is 1. The Labute approximate surface area is 131 Å². The lowest BCUT2D eigenvalue weighted by atomic mass is 10.3. The molecule has 21 heavy (non-hydrogen) atoms. The average molecular weight is 375 g/mol. The molecule has 2 rings (SSSR count). The molecule has 0 amide bonds. The standard InChI is InChI=1S/C12H15BrN4O3S/c1-3-17-8-14-16-12(17)7-15-21(18,19)9-4-5-11(20-2)10(13)6-9/h4-6,8,15H,3,7H2,1-2H3. The lowest BCUT2D eigenvalue weighted by Gasteiger charge is -2.09. The highest BCUT2D eigenvalue weighted by molar-refractivity contribution is 9.10. The molecular formula is C12H15BrN4O3S. The van der Waals surface area contributed by atoms with Crippen LogP contribution in [0.1, 0.15) is 12.7 Å². The molecule has 114 valence electrons. The van der Waals surface area contributed by atoms with Crippen LogP contribution in [0.2, 0.25) is 0 Å². The van der Waals surface area contributed by atoms with Crippen LogP contribution in [0.25, 0.3) is 0 Å². The smallest absolute Gasteiger partial charge is 0.241 e. The van der Waals surface area contributed by atoms with Crippen molar-refractivity contribution in [3.63, 3.8) is 0 Å². The molecule has 0 radical (unpaired) electrons. The van der Waals surface area contributed by atoms with Crippen molar-refractivity contribution in [3.05, 3.63) is 34.8 Å². The number of nitrogens with one attached hydrogen (secondary N) is 1. The van der Waals surface area contributed by atoms with Crippen LogP contribution in [-0.2, 0) is 23.1 Å². The number of halogens is 1. The first-order valence-electron chi connectivity index (χ1n) is 6.18. The maximum absolute atomic E-state index is 12.2. The molecule has 0 fully saturated rings. The van der Waals surface area contributed by atoms with Crippen molar-refractivity contribution in [2.75, 3.05) is 7.11 Å². The summed E-state index contributed by atoms with van der Waals surface area (Å²) in [5.74, 6) is 1.13. The second-order valence-electron chi connectivity index (χ2n) is 4.15. The summed E-state index contributed by atoms with van der Waals surface area (Å²) < 4.78 is 34.4. The van der Waals surface area contributed by atoms with E-state index in [1.165, 1.54) is 19.2 Å². The van der Waals surface area contributed by atoms with E-state index in [4.69, 9.17) is 4.74 Å². The number of rotatable bonds is 6. The van der Waals surface area contributed by atoms with Gasteiger partial charge in [-0.2, -0.15) is 0 Å². The van der Waals surface area contributed by atoms with E-state index >= 15 is 0 Å². The van der Waals surface area contributed by atoms with Crippen LogP contribution in [0.5, 0.6) is 5.75 Å². The van der Waals surface area contributed by atoms with Crippen molar-refractivity contribution < 1.29 is 13.2 Å². The highest BCUT2D eigenvalue weighted by atomic mass is 79.9. The third-order valence-corrected chi connectivity index (χ3v) is 4.91. The summed E-state index contributed by atoms with van der Waals surface area (Å²) in [5, 5.41) is 7.64. The zero-order chi connectivity index (χ0) is 15.5. The largest absolute Gasteiger partial charge is 0.496 e. The van der Waals surface area contributed by atoms with Crippen molar-refractivity contribution in [1.29, 1.82) is 0 Å². The minimum Gasteiger partial charge on any atom is -0.496 e. The third-order valence-electron chi connectivity index (χ3n) is 2.89. The summed E-state index contributed by atoms with van der Waals surface area (Å²) in [6.45, 7) is 2.69. The molecule has 0 aliphatic heterocycles. The topological polar surface area (TPSA) is 86.1 Å². The number of aryl methyl sites for hydroxylation is 1. The lowest BCUT2D eigenvalue weighted by Crippen LogP contribution is -2.25. The molecule has 1 aromatic carbocycles. The molecule has 1 aromatic heterocycles. The Balaban J connectivity index is 2.17. The maximum atomic E-state index is 12.2. The van der Waals surface area contributed by atoms with E-state index in [9.17, 15) is 8.42 Å². The van der Waals surface area contributed by atoms with Crippen molar-refractivity contribution in [1.82, 2.24) is 19.5 Å². The summed E-state index contributed by atoms with van der Waals surface area (Å²) >= 11 is 3.27. The Kier molecular flexibility index (Phi) is 4.96. The van der Waals surface area contributed by atoms with E-state index in [2.05, 4.69) is 30.8 Å². The molecule has 0 atom stereocenters. The molecule has 0 bridgehead atoms. The quantitative estimate of drug-likeness (QED) is 0.828. The van der Waals surface area contributed by atoms with Crippen LogP contribution in [-0.4, -0.2) is 30.3 Å². The molecule has 1 N–H and O–H groups in total. The molecule has 0 saturated heterocycles. The molecule has 0 saturated carbocycles. The van der Waals surface area contributed by atoms with E-state index < -0.39 is 10.0 Å². The maximum Gasteiger partial charge on any atom is 0.241 e. The van der Waals surface area contributed by atoms with Crippen LogP contribution >= 0.6 is 15.9 Å². The van der Waals surface area contributed by atoms with Gasteiger partial charge in [0.15, 0.2) is 0 Å². The van der Waals surface area contributed by atoms with Gasteiger partial charge < -0.3 is 9.30 Å². The van der Waals surface area contributed by atoms with Gasteiger partial charge in [0, 0.05) is 6.54 Å². The number of ether oxygens (including phenoxy) is 1. The Morgan fingerprint density at radius 2 is 2.19 bits per heavy atom. The SMILES string of the molecule is CCn1cnnc1CNS(=O)(=O)c1ccc(OC)c(Br)c1. The number of benzene rings is 1. The fourth-order valence-electron chi connectivity index (χ4n) is 1.74. The Hall–Kier alpha value is -1.45. The second-order valence-corrected chi connectivity index (χ2v) is 6.78. The van der Waals surface area contributed by atoms with Gasteiger partial charge in [-0.25, -0.2) is 13.1 Å². The predicted octanol–water partition coefficient (Wildman–Crippen LogP) is 1.55. The number of methoxy groups -OCH3 is 1. The minimum absolute atomic E-state index is 0.0832. The zero-order valence-electron chi connectivity index (χ0n) is 11.6. The Bertz CT molecular complexity index is 730. The lowest BCUT2D eigenvalue weighted by molar-refractivity contribution is 0.411. The van der Waals surface area contributed by atoms with E-state index in [1.54, 1.807) is 17.0 Å². The fraction of sp³-hybridized carbons (Fsp3) is 0.333. The van der Waals surface area contributed by atoms with Crippen LogP contribution in [0, 0.1) is 0 Å². The van der Waals surface area contributed by atoms with Crippen molar-refractivity contribution in [2.24, 2.45) is 0 Å². The molecule has 7 nitrogen and oxygen atoms in total. The molecule has 0 aliphatic carbocycles. The van der Waals surface area contributed by atoms with Crippen LogP contribution in [0.15, 0.2) is 33.9 Å². The zero-order valence-corrected chi connectivity index (χ0v) is 14.0. The van der Waals surface area contributed by atoms with Gasteiger partial charge in [-0.3, -0.25) is 0 Å². The van der Waals surface area contributed by atoms with Gasteiger partial charge >= 0.3 is 0 Å². The Morgan fingerprint density at radius 3 is 2.81 bits per heavy atom. The summed E-state index contributed by atoms with van der Waals surface area (Å²) in [7, 11) is -2.11. The van der Waals surface area contributed by atoms with Crippen molar-refractivity contribution in [2.45, 2.75) is 24.9 Å². The fourth-order valence-corrected chi connectivity index (χ4v) is 3.44. The third kappa shape index (κ3) is 3.60.